The highest BCUT2D eigenvalue weighted by Gasteiger charge is 2.18. The second kappa shape index (κ2) is 8.30. The first-order chi connectivity index (χ1) is 13.7. The van der Waals surface area contributed by atoms with Gasteiger partial charge in [-0.05, 0) is 30.5 Å². The van der Waals surface area contributed by atoms with Gasteiger partial charge in [0, 0.05) is 42.7 Å². The lowest BCUT2D eigenvalue weighted by Gasteiger charge is -2.15. The Balaban J connectivity index is 1.46. The van der Waals surface area contributed by atoms with E-state index in [1.807, 2.05) is 45.9 Å². The van der Waals surface area contributed by atoms with Crippen molar-refractivity contribution >= 4 is 22.7 Å². The Labute approximate surface area is 165 Å². The lowest BCUT2D eigenvalue weighted by atomic mass is 10.1. The minimum Gasteiger partial charge on any atom is -0.354 e. The van der Waals surface area contributed by atoms with E-state index in [9.17, 15) is 9.59 Å². The molecule has 0 saturated carbocycles. The molecule has 1 aliphatic heterocycles. The summed E-state index contributed by atoms with van der Waals surface area (Å²) in [7, 11) is 0. The lowest BCUT2D eigenvalue weighted by molar-refractivity contribution is -0.130. The van der Waals surface area contributed by atoms with E-state index in [4.69, 9.17) is 0 Å². The molecule has 1 fully saturated rings. The van der Waals surface area contributed by atoms with Crippen molar-refractivity contribution in [3.8, 4) is 11.3 Å². The normalized spacial score (nSPS) is 13.8. The first-order valence-corrected chi connectivity index (χ1v) is 9.90. The van der Waals surface area contributed by atoms with Crippen LogP contribution in [0.5, 0.6) is 0 Å². The Bertz CT molecular complexity index is 972. The molecule has 1 N–H and O–H groups in total. The number of para-hydroxylation sites is 1. The van der Waals surface area contributed by atoms with Gasteiger partial charge >= 0.3 is 0 Å². The van der Waals surface area contributed by atoms with Gasteiger partial charge < -0.3 is 14.8 Å². The van der Waals surface area contributed by atoms with Crippen LogP contribution in [0.1, 0.15) is 19.3 Å². The molecule has 4 rings (SSSR count). The zero-order chi connectivity index (χ0) is 19.3. The minimum absolute atomic E-state index is 0.0762. The summed E-state index contributed by atoms with van der Waals surface area (Å²) < 4.78 is 2.04. The SMILES string of the molecule is O=C(Cn1c(-c2ccccc2)cc2ccccc21)NCCC(=O)N1CCCC1. The first kappa shape index (κ1) is 18.3. The molecule has 0 spiro atoms. The van der Waals surface area contributed by atoms with Crippen LogP contribution in [-0.4, -0.2) is 40.9 Å². The Kier molecular flexibility index (Phi) is 5.42. The van der Waals surface area contributed by atoms with E-state index in [1.54, 1.807) is 0 Å². The smallest absolute Gasteiger partial charge is 0.239 e. The average Bonchev–Trinajstić information content (AvgIpc) is 3.37. The molecule has 2 heterocycles. The highest BCUT2D eigenvalue weighted by Crippen LogP contribution is 2.28. The van der Waals surface area contributed by atoms with Crippen molar-refractivity contribution in [1.29, 1.82) is 0 Å². The molecule has 1 aromatic heterocycles. The number of fused-ring (bicyclic) bond motifs is 1. The van der Waals surface area contributed by atoms with Crippen molar-refractivity contribution in [2.75, 3.05) is 19.6 Å². The number of hydrogen-bond donors (Lipinski definition) is 1. The number of carbonyl (C=O) groups is 2. The molecule has 1 aliphatic rings. The number of amides is 2. The van der Waals surface area contributed by atoms with Crippen LogP contribution in [0.4, 0.5) is 0 Å². The molecule has 0 bridgehead atoms. The summed E-state index contributed by atoms with van der Waals surface area (Å²) in [4.78, 5) is 26.6. The van der Waals surface area contributed by atoms with Crippen LogP contribution in [0.15, 0.2) is 60.7 Å². The number of aromatic nitrogens is 1. The van der Waals surface area contributed by atoms with Crippen molar-refractivity contribution in [2.45, 2.75) is 25.8 Å². The van der Waals surface area contributed by atoms with E-state index < -0.39 is 0 Å². The van der Waals surface area contributed by atoms with Gasteiger partial charge in [-0.1, -0.05) is 48.5 Å². The number of nitrogens with zero attached hydrogens (tertiary/aromatic N) is 2. The van der Waals surface area contributed by atoms with Crippen molar-refractivity contribution in [1.82, 2.24) is 14.8 Å². The molecular weight excluding hydrogens is 350 g/mol. The molecule has 2 amide bonds. The number of benzene rings is 2. The highest BCUT2D eigenvalue weighted by atomic mass is 16.2. The molecule has 5 nitrogen and oxygen atoms in total. The number of likely N-dealkylation sites (tertiary alicyclic amines) is 1. The number of hydrogen-bond acceptors (Lipinski definition) is 2. The van der Waals surface area contributed by atoms with Gasteiger partial charge in [0.15, 0.2) is 0 Å². The van der Waals surface area contributed by atoms with Crippen LogP contribution in [0.25, 0.3) is 22.2 Å². The third-order valence-corrected chi connectivity index (χ3v) is 5.30. The van der Waals surface area contributed by atoms with Crippen molar-refractivity contribution in [3.63, 3.8) is 0 Å². The second-order valence-electron chi connectivity index (χ2n) is 7.23. The van der Waals surface area contributed by atoms with E-state index in [-0.39, 0.29) is 18.4 Å². The molecule has 2 aromatic carbocycles. The Morgan fingerprint density at radius 2 is 1.64 bits per heavy atom. The van der Waals surface area contributed by atoms with E-state index in [1.165, 1.54) is 0 Å². The van der Waals surface area contributed by atoms with Gasteiger partial charge in [0.25, 0.3) is 0 Å². The standard InChI is InChI=1S/C23H25N3O2/c27-22(24-13-12-23(28)25-14-6-7-15-25)17-26-20-11-5-4-10-19(20)16-21(26)18-8-2-1-3-9-18/h1-5,8-11,16H,6-7,12-15,17H2,(H,24,27). The predicted molar refractivity (Wildman–Crippen MR) is 111 cm³/mol. The van der Waals surface area contributed by atoms with Crippen molar-refractivity contribution < 1.29 is 9.59 Å². The molecular formula is C23H25N3O2. The van der Waals surface area contributed by atoms with Gasteiger partial charge in [0.05, 0.1) is 0 Å². The van der Waals surface area contributed by atoms with Crippen LogP contribution in [-0.2, 0) is 16.1 Å². The molecule has 0 atom stereocenters. The molecule has 3 aromatic rings. The van der Waals surface area contributed by atoms with Crippen LogP contribution in [0.3, 0.4) is 0 Å². The maximum absolute atomic E-state index is 12.6. The largest absolute Gasteiger partial charge is 0.354 e. The number of carbonyl (C=O) groups excluding carboxylic acids is 2. The third kappa shape index (κ3) is 3.93. The monoisotopic (exact) mass is 375 g/mol. The summed E-state index contributed by atoms with van der Waals surface area (Å²) in [6, 6.07) is 20.3. The zero-order valence-corrected chi connectivity index (χ0v) is 15.9. The average molecular weight is 375 g/mol. The Morgan fingerprint density at radius 1 is 0.929 bits per heavy atom. The van der Waals surface area contributed by atoms with Gasteiger partial charge in [0.2, 0.25) is 11.8 Å². The van der Waals surface area contributed by atoms with Crippen LogP contribution < -0.4 is 5.32 Å². The predicted octanol–water partition coefficient (Wildman–Crippen LogP) is 3.44. The summed E-state index contributed by atoms with van der Waals surface area (Å²) in [5, 5.41) is 4.02. The highest BCUT2D eigenvalue weighted by molar-refractivity contribution is 5.89. The van der Waals surface area contributed by atoms with E-state index in [2.05, 4.69) is 29.6 Å². The summed E-state index contributed by atoms with van der Waals surface area (Å²) in [5.74, 6) is 0.0574. The second-order valence-corrected chi connectivity index (χ2v) is 7.23. The fraction of sp³-hybridized carbons (Fsp3) is 0.304. The van der Waals surface area contributed by atoms with Crippen LogP contribution in [0, 0.1) is 0 Å². The first-order valence-electron chi connectivity index (χ1n) is 9.90. The van der Waals surface area contributed by atoms with Gasteiger partial charge in [0.1, 0.15) is 6.54 Å². The van der Waals surface area contributed by atoms with Gasteiger partial charge in [-0.25, -0.2) is 0 Å². The Morgan fingerprint density at radius 3 is 2.43 bits per heavy atom. The van der Waals surface area contributed by atoms with Gasteiger partial charge in [-0.15, -0.1) is 0 Å². The maximum Gasteiger partial charge on any atom is 0.239 e. The molecule has 1 saturated heterocycles. The van der Waals surface area contributed by atoms with Crippen LogP contribution >= 0.6 is 0 Å². The van der Waals surface area contributed by atoms with Crippen molar-refractivity contribution in [2.24, 2.45) is 0 Å². The topological polar surface area (TPSA) is 54.3 Å². The van der Waals surface area contributed by atoms with E-state index in [0.717, 1.165) is 48.1 Å². The number of nitrogens with one attached hydrogen (secondary N) is 1. The molecule has 0 radical (unpaired) electrons. The maximum atomic E-state index is 12.6. The number of rotatable bonds is 6. The lowest BCUT2D eigenvalue weighted by Crippen LogP contribution is -2.34. The van der Waals surface area contributed by atoms with Crippen LogP contribution in [0.2, 0.25) is 0 Å². The summed E-state index contributed by atoms with van der Waals surface area (Å²) in [6.45, 7) is 2.31. The van der Waals surface area contributed by atoms with Gasteiger partial charge in [-0.2, -0.15) is 0 Å². The van der Waals surface area contributed by atoms with E-state index in [0.29, 0.717) is 13.0 Å². The third-order valence-electron chi connectivity index (χ3n) is 5.30. The quantitative estimate of drug-likeness (QED) is 0.718. The van der Waals surface area contributed by atoms with Crippen molar-refractivity contribution in [3.05, 3.63) is 60.7 Å². The zero-order valence-electron chi connectivity index (χ0n) is 15.9. The molecule has 5 heteroatoms. The molecule has 0 unspecified atom stereocenters. The summed E-state index contributed by atoms with van der Waals surface area (Å²) in [6.07, 6.45) is 2.53. The summed E-state index contributed by atoms with van der Waals surface area (Å²) in [5.41, 5.74) is 3.13. The van der Waals surface area contributed by atoms with Gasteiger partial charge in [-0.3, -0.25) is 9.59 Å². The molecule has 144 valence electrons. The summed E-state index contributed by atoms with van der Waals surface area (Å²) >= 11 is 0. The molecule has 28 heavy (non-hydrogen) atoms. The minimum atomic E-state index is -0.0762. The fourth-order valence-corrected chi connectivity index (χ4v) is 3.86. The van der Waals surface area contributed by atoms with E-state index >= 15 is 0 Å². The Hall–Kier alpha value is -3.08. The molecule has 0 aliphatic carbocycles. The fourth-order valence-electron chi connectivity index (χ4n) is 3.86.